The number of carbonyl (C=O) groups is 1. The minimum Gasteiger partial charge on any atom is -0.387 e. The zero-order valence-corrected chi connectivity index (χ0v) is 14.5. The summed E-state index contributed by atoms with van der Waals surface area (Å²) in [6, 6.07) is 5.30. The van der Waals surface area contributed by atoms with Crippen LogP contribution in [0, 0.1) is 5.92 Å². The first kappa shape index (κ1) is 18.8. The van der Waals surface area contributed by atoms with Crippen LogP contribution in [0.1, 0.15) is 39.5 Å². The van der Waals surface area contributed by atoms with Gasteiger partial charge in [-0.2, -0.15) is 0 Å². The Hall–Kier alpha value is -1.26. The molecule has 0 bridgehead atoms. The number of rotatable bonds is 8. The third-order valence-electron chi connectivity index (χ3n) is 3.07. The molecule has 6 heteroatoms. The summed E-state index contributed by atoms with van der Waals surface area (Å²) in [5, 5.41) is 4.17. The number of benzene rings is 1. The molecule has 1 amide bonds. The molecule has 0 unspecified atom stereocenters. The monoisotopic (exact) mass is 343 g/mol. The van der Waals surface area contributed by atoms with E-state index in [9.17, 15) is 4.79 Å². The summed E-state index contributed by atoms with van der Waals surface area (Å²) in [6.07, 6.45) is 2.84. The fourth-order valence-corrected chi connectivity index (χ4v) is 2.17. The number of halogens is 2. The van der Waals surface area contributed by atoms with Crippen LogP contribution in [0.2, 0.25) is 10.0 Å². The van der Waals surface area contributed by atoms with Gasteiger partial charge in [0.15, 0.2) is 0 Å². The van der Waals surface area contributed by atoms with E-state index >= 15 is 0 Å². The van der Waals surface area contributed by atoms with Gasteiger partial charge in [0.1, 0.15) is 5.84 Å². The number of amides is 1. The predicted molar refractivity (Wildman–Crippen MR) is 94.9 cm³/mol. The van der Waals surface area contributed by atoms with Gasteiger partial charge in [-0.05, 0) is 30.5 Å². The molecule has 0 aliphatic heterocycles. The number of hydrogen-bond acceptors (Lipinski definition) is 2. The molecular formula is C16H23Cl2N3O. The van der Waals surface area contributed by atoms with Crippen molar-refractivity contribution in [2.24, 2.45) is 16.6 Å². The Morgan fingerprint density at radius 2 is 2.00 bits per heavy atom. The van der Waals surface area contributed by atoms with Crippen molar-refractivity contribution in [1.82, 2.24) is 0 Å². The summed E-state index contributed by atoms with van der Waals surface area (Å²) in [7, 11) is 0. The van der Waals surface area contributed by atoms with Crippen molar-refractivity contribution >= 4 is 40.6 Å². The fourth-order valence-electron chi connectivity index (χ4n) is 1.87. The fraction of sp³-hybridized carbons (Fsp3) is 0.500. The van der Waals surface area contributed by atoms with E-state index in [1.807, 2.05) is 6.07 Å². The Morgan fingerprint density at radius 1 is 1.27 bits per heavy atom. The highest BCUT2D eigenvalue weighted by molar-refractivity contribution is 6.42. The number of nitrogens with zero attached hydrogens (tertiary/aromatic N) is 1. The smallest absolute Gasteiger partial charge is 0.247 e. The molecule has 0 saturated carbocycles. The maximum Gasteiger partial charge on any atom is 0.247 e. The first-order valence-electron chi connectivity index (χ1n) is 7.43. The molecule has 0 fully saturated rings. The Kier molecular flexibility index (Phi) is 8.28. The van der Waals surface area contributed by atoms with Gasteiger partial charge in [0.25, 0.3) is 0 Å². The molecular weight excluding hydrogens is 321 g/mol. The van der Waals surface area contributed by atoms with Gasteiger partial charge in [-0.25, -0.2) is 4.99 Å². The predicted octanol–water partition coefficient (Wildman–Crippen LogP) is 4.51. The molecule has 3 N–H and O–H groups in total. The van der Waals surface area contributed by atoms with Gasteiger partial charge in [-0.3, -0.25) is 4.79 Å². The van der Waals surface area contributed by atoms with E-state index in [0.717, 1.165) is 18.5 Å². The molecule has 0 saturated heterocycles. The van der Waals surface area contributed by atoms with E-state index in [2.05, 4.69) is 24.2 Å². The van der Waals surface area contributed by atoms with E-state index in [4.69, 9.17) is 28.9 Å². The normalized spacial score (nSPS) is 11.8. The summed E-state index contributed by atoms with van der Waals surface area (Å²) >= 11 is 11.8. The van der Waals surface area contributed by atoms with Crippen LogP contribution in [0.5, 0.6) is 0 Å². The van der Waals surface area contributed by atoms with Crippen LogP contribution in [0.3, 0.4) is 0 Å². The number of hydrogen-bond donors (Lipinski definition) is 2. The lowest BCUT2D eigenvalue weighted by atomic mass is 10.1. The first-order chi connectivity index (χ1) is 10.4. The lowest BCUT2D eigenvalue weighted by molar-refractivity contribution is -0.117. The van der Waals surface area contributed by atoms with Gasteiger partial charge < -0.3 is 11.1 Å². The van der Waals surface area contributed by atoms with E-state index in [1.54, 1.807) is 12.1 Å². The van der Waals surface area contributed by atoms with Crippen molar-refractivity contribution < 1.29 is 4.79 Å². The number of aliphatic imine (C=N–C) groups is 1. The molecule has 1 rings (SSSR count). The summed E-state index contributed by atoms with van der Waals surface area (Å²) in [5.74, 6) is 0.805. The zero-order valence-electron chi connectivity index (χ0n) is 13.0. The number of anilines is 1. The molecule has 0 aliphatic rings. The molecule has 4 nitrogen and oxygen atoms in total. The van der Waals surface area contributed by atoms with Crippen LogP contribution in [0.15, 0.2) is 23.2 Å². The second-order valence-corrected chi connectivity index (χ2v) is 6.40. The Bertz CT molecular complexity index is 530. The molecule has 22 heavy (non-hydrogen) atoms. The van der Waals surface area contributed by atoms with Crippen LogP contribution >= 0.6 is 23.2 Å². The highest BCUT2D eigenvalue weighted by atomic mass is 35.5. The summed E-state index contributed by atoms with van der Waals surface area (Å²) in [4.78, 5) is 15.5. The van der Waals surface area contributed by atoms with Crippen molar-refractivity contribution in [3.8, 4) is 0 Å². The van der Waals surface area contributed by atoms with Crippen molar-refractivity contribution in [1.29, 1.82) is 0 Å². The molecule has 0 aliphatic carbocycles. The minimum absolute atomic E-state index is 0.146. The van der Waals surface area contributed by atoms with E-state index in [-0.39, 0.29) is 5.91 Å². The van der Waals surface area contributed by atoms with Crippen LogP contribution in [0.25, 0.3) is 0 Å². The zero-order chi connectivity index (χ0) is 16.5. The minimum atomic E-state index is -0.146. The summed E-state index contributed by atoms with van der Waals surface area (Å²) in [6.45, 7) is 4.85. The molecule has 1 aromatic carbocycles. The van der Waals surface area contributed by atoms with Gasteiger partial charge in [0, 0.05) is 25.1 Å². The van der Waals surface area contributed by atoms with Crippen molar-refractivity contribution in [3.05, 3.63) is 28.2 Å². The molecule has 1 aromatic rings. The van der Waals surface area contributed by atoms with Gasteiger partial charge in [-0.1, -0.05) is 43.5 Å². The second-order valence-electron chi connectivity index (χ2n) is 5.59. The highest BCUT2D eigenvalue weighted by Crippen LogP contribution is 2.24. The first-order valence-corrected chi connectivity index (χ1v) is 8.19. The van der Waals surface area contributed by atoms with E-state index in [0.29, 0.717) is 41.2 Å². The quantitative estimate of drug-likeness (QED) is 0.539. The number of amidine groups is 1. The number of carbonyl (C=O) groups excluding carboxylic acids is 1. The Morgan fingerprint density at radius 3 is 2.64 bits per heavy atom. The van der Waals surface area contributed by atoms with Gasteiger partial charge in [0.05, 0.1) is 10.0 Å². The molecule has 122 valence electrons. The van der Waals surface area contributed by atoms with Gasteiger partial charge >= 0.3 is 0 Å². The second kappa shape index (κ2) is 9.70. The molecule has 0 heterocycles. The molecule has 0 radical (unpaired) electrons. The molecule has 0 spiro atoms. The highest BCUT2D eigenvalue weighted by Gasteiger charge is 2.03. The lowest BCUT2D eigenvalue weighted by Gasteiger charge is -2.07. The van der Waals surface area contributed by atoms with Crippen LogP contribution in [0.4, 0.5) is 5.69 Å². The third kappa shape index (κ3) is 7.66. The van der Waals surface area contributed by atoms with Crippen molar-refractivity contribution in [2.45, 2.75) is 39.5 Å². The Balaban J connectivity index is 2.32. The largest absolute Gasteiger partial charge is 0.387 e. The van der Waals surface area contributed by atoms with E-state index < -0.39 is 0 Å². The van der Waals surface area contributed by atoms with Gasteiger partial charge in [-0.15, -0.1) is 0 Å². The third-order valence-corrected chi connectivity index (χ3v) is 3.81. The SMILES string of the molecule is CC(C)CCCC(=O)N=C(N)CCNc1ccc(Cl)c(Cl)c1. The summed E-state index contributed by atoms with van der Waals surface area (Å²) in [5.41, 5.74) is 6.62. The van der Waals surface area contributed by atoms with Crippen molar-refractivity contribution in [2.75, 3.05) is 11.9 Å². The summed E-state index contributed by atoms with van der Waals surface area (Å²) < 4.78 is 0. The number of nitrogens with two attached hydrogens (primary N) is 1. The Labute approximate surface area is 142 Å². The average molecular weight is 344 g/mol. The maximum atomic E-state index is 11.6. The topological polar surface area (TPSA) is 67.5 Å². The van der Waals surface area contributed by atoms with E-state index in [1.165, 1.54) is 0 Å². The standard InChI is InChI=1S/C16H23Cl2N3O/c1-11(2)4-3-5-16(22)21-15(19)8-9-20-12-6-7-13(17)14(18)10-12/h6-7,10-11,20H,3-5,8-9H2,1-2H3,(H2,19,21,22). The van der Waals surface area contributed by atoms with Crippen molar-refractivity contribution in [3.63, 3.8) is 0 Å². The van der Waals surface area contributed by atoms with Gasteiger partial charge in [0.2, 0.25) is 5.91 Å². The average Bonchev–Trinajstić information content (AvgIpc) is 2.42. The lowest BCUT2D eigenvalue weighted by Crippen LogP contribution is -2.18. The molecule has 0 aromatic heterocycles. The van der Waals surface area contributed by atoms with Crippen LogP contribution in [-0.4, -0.2) is 18.3 Å². The number of nitrogens with one attached hydrogen (secondary N) is 1. The van der Waals surface area contributed by atoms with Crippen LogP contribution in [-0.2, 0) is 4.79 Å². The van der Waals surface area contributed by atoms with Crippen LogP contribution < -0.4 is 11.1 Å². The molecule has 0 atom stereocenters. The maximum absolute atomic E-state index is 11.6.